The Kier molecular flexibility index (Phi) is 7.81. The minimum atomic E-state index is -3.99. The zero-order valence-electron chi connectivity index (χ0n) is 10.9. The van der Waals surface area contributed by atoms with Gasteiger partial charge in [0.05, 0.1) is 12.4 Å². The molecule has 0 fully saturated rings. The van der Waals surface area contributed by atoms with E-state index in [4.69, 9.17) is 9.29 Å². The van der Waals surface area contributed by atoms with Crippen LogP contribution in [-0.4, -0.2) is 56.8 Å². The second-order valence-electron chi connectivity index (χ2n) is 4.29. The van der Waals surface area contributed by atoms with E-state index in [2.05, 4.69) is 6.58 Å². The summed E-state index contributed by atoms with van der Waals surface area (Å²) in [4.78, 5) is 13.4. The van der Waals surface area contributed by atoms with Crippen LogP contribution in [0.1, 0.15) is 19.3 Å². The Bertz CT molecular complexity index is 375. The SMILES string of the molecule is C=C(CCCN(C)C)C(=O)OCCCS(=O)(=O)O. The Morgan fingerprint density at radius 3 is 2.44 bits per heavy atom. The first-order chi connectivity index (χ1) is 8.22. The van der Waals surface area contributed by atoms with Crippen molar-refractivity contribution in [1.29, 1.82) is 0 Å². The van der Waals surface area contributed by atoms with Crippen molar-refractivity contribution in [2.24, 2.45) is 0 Å². The molecule has 0 bridgehead atoms. The summed E-state index contributed by atoms with van der Waals surface area (Å²) in [6.07, 6.45) is 1.44. The highest BCUT2D eigenvalue weighted by molar-refractivity contribution is 7.85. The van der Waals surface area contributed by atoms with Gasteiger partial charge in [-0.1, -0.05) is 6.58 Å². The van der Waals surface area contributed by atoms with Gasteiger partial charge in [0, 0.05) is 5.57 Å². The molecule has 0 saturated heterocycles. The van der Waals surface area contributed by atoms with E-state index in [0.29, 0.717) is 12.0 Å². The first kappa shape index (κ1) is 17.1. The molecule has 0 aromatic heterocycles. The molecule has 0 aromatic carbocycles. The van der Waals surface area contributed by atoms with Crippen molar-refractivity contribution in [3.63, 3.8) is 0 Å². The smallest absolute Gasteiger partial charge is 0.333 e. The van der Waals surface area contributed by atoms with Crippen molar-refractivity contribution < 1.29 is 22.5 Å². The van der Waals surface area contributed by atoms with Crippen molar-refractivity contribution in [2.45, 2.75) is 19.3 Å². The van der Waals surface area contributed by atoms with Crippen LogP contribution >= 0.6 is 0 Å². The minimum absolute atomic E-state index is 0.0364. The quantitative estimate of drug-likeness (QED) is 0.289. The third-order valence-corrected chi connectivity index (χ3v) is 2.96. The van der Waals surface area contributed by atoms with E-state index in [1.807, 2.05) is 19.0 Å². The summed E-state index contributed by atoms with van der Waals surface area (Å²) >= 11 is 0. The third-order valence-electron chi connectivity index (χ3n) is 2.15. The van der Waals surface area contributed by atoms with Gasteiger partial charge in [0.15, 0.2) is 0 Å². The molecular formula is C11H21NO5S. The van der Waals surface area contributed by atoms with Crippen molar-refractivity contribution in [1.82, 2.24) is 4.90 Å². The van der Waals surface area contributed by atoms with Crippen LogP contribution < -0.4 is 0 Å². The molecule has 0 spiro atoms. The molecule has 0 radical (unpaired) electrons. The van der Waals surface area contributed by atoms with E-state index in [1.165, 1.54) is 0 Å². The zero-order chi connectivity index (χ0) is 14.2. The van der Waals surface area contributed by atoms with Crippen LogP contribution in [0.15, 0.2) is 12.2 Å². The molecule has 0 rings (SSSR count). The monoisotopic (exact) mass is 279 g/mol. The molecule has 0 aliphatic carbocycles. The van der Waals surface area contributed by atoms with Crippen LogP contribution in [0.3, 0.4) is 0 Å². The lowest BCUT2D eigenvalue weighted by molar-refractivity contribution is -0.139. The lowest BCUT2D eigenvalue weighted by Gasteiger charge is -2.10. The van der Waals surface area contributed by atoms with Crippen LogP contribution in [0.4, 0.5) is 0 Å². The second kappa shape index (κ2) is 8.23. The maximum Gasteiger partial charge on any atom is 0.333 e. The van der Waals surface area contributed by atoms with Gasteiger partial charge in [-0.3, -0.25) is 4.55 Å². The van der Waals surface area contributed by atoms with Crippen molar-refractivity contribution in [2.75, 3.05) is 33.0 Å². The molecule has 0 heterocycles. The summed E-state index contributed by atoms with van der Waals surface area (Å²) in [5.74, 6) is -0.919. The lowest BCUT2D eigenvalue weighted by atomic mass is 10.1. The van der Waals surface area contributed by atoms with E-state index >= 15 is 0 Å². The molecule has 0 atom stereocenters. The largest absolute Gasteiger partial charge is 0.462 e. The van der Waals surface area contributed by atoms with Crippen LogP contribution in [0.25, 0.3) is 0 Å². The average Bonchev–Trinajstić information content (AvgIpc) is 2.22. The van der Waals surface area contributed by atoms with Gasteiger partial charge in [-0.25, -0.2) is 4.79 Å². The number of esters is 1. The summed E-state index contributed by atoms with van der Waals surface area (Å²) < 4.78 is 34.1. The standard InChI is InChI=1S/C11H21NO5S/c1-10(6-4-7-12(2)3)11(13)17-8-5-9-18(14,15)16/h1,4-9H2,2-3H3,(H,14,15,16). The fraction of sp³-hybridized carbons (Fsp3) is 0.727. The van der Waals surface area contributed by atoms with Crippen molar-refractivity contribution in [3.8, 4) is 0 Å². The van der Waals surface area contributed by atoms with Crippen molar-refractivity contribution >= 4 is 16.1 Å². The van der Waals surface area contributed by atoms with Crippen molar-refractivity contribution in [3.05, 3.63) is 12.2 Å². The summed E-state index contributed by atoms with van der Waals surface area (Å²) in [5.41, 5.74) is 0.378. The van der Waals surface area contributed by atoms with Gasteiger partial charge in [0.2, 0.25) is 0 Å². The van der Waals surface area contributed by atoms with E-state index in [0.717, 1.165) is 13.0 Å². The topological polar surface area (TPSA) is 83.9 Å². The summed E-state index contributed by atoms with van der Waals surface area (Å²) in [6, 6.07) is 0. The number of hydrogen-bond acceptors (Lipinski definition) is 5. The molecule has 0 unspecified atom stereocenters. The molecule has 18 heavy (non-hydrogen) atoms. The predicted octanol–water partition coefficient (Wildman–Crippen LogP) is 0.706. The molecule has 7 heteroatoms. The Labute approximate surface area is 108 Å². The minimum Gasteiger partial charge on any atom is -0.462 e. The second-order valence-corrected chi connectivity index (χ2v) is 5.86. The maximum absolute atomic E-state index is 11.4. The Hall–Kier alpha value is -0.920. The van der Waals surface area contributed by atoms with E-state index in [-0.39, 0.29) is 13.0 Å². The van der Waals surface area contributed by atoms with Crippen LogP contribution in [0.2, 0.25) is 0 Å². The van der Waals surface area contributed by atoms with Gasteiger partial charge in [0.25, 0.3) is 10.1 Å². The first-order valence-electron chi connectivity index (χ1n) is 5.67. The highest BCUT2D eigenvalue weighted by Crippen LogP contribution is 2.05. The lowest BCUT2D eigenvalue weighted by Crippen LogP contribution is -2.15. The summed E-state index contributed by atoms with van der Waals surface area (Å²) in [7, 11) is -0.103. The average molecular weight is 279 g/mol. The number of nitrogens with zero attached hydrogens (tertiary/aromatic N) is 1. The van der Waals surface area contributed by atoms with Gasteiger partial charge < -0.3 is 9.64 Å². The normalized spacial score (nSPS) is 11.6. The molecule has 1 N–H and O–H groups in total. The first-order valence-corrected chi connectivity index (χ1v) is 7.28. The van der Waals surface area contributed by atoms with Gasteiger partial charge in [-0.05, 0) is 39.9 Å². The van der Waals surface area contributed by atoms with Gasteiger partial charge in [0.1, 0.15) is 0 Å². The highest BCUT2D eigenvalue weighted by atomic mass is 32.2. The molecule has 6 nitrogen and oxygen atoms in total. The maximum atomic E-state index is 11.4. The molecule has 0 saturated carbocycles. The molecule has 106 valence electrons. The summed E-state index contributed by atoms with van der Waals surface area (Å²) in [6.45, 7) is 4.44. The van der Waals surface area contributed by atoms with Crippen LogP contribution in [0, 0.1) is 0 Å². The zero-order valence-corrected chi connectivity index (χ0v) is 11.7. The Balaban J connectivity index is 3.72. The molecule has 0 amide bonds. The van der Waals surface area contributed by atoms with E-state index in [9.17, 15) is 13.2 Å². The fourth-order valence-corrected chi connectivity index (χ4v) is 1.70. The summed E-state index contributed by atoms with van der Waals surface area (Å²) in [5, 5.41) is 0. The van der Waals surface area contributed by atoms with E-state index < -0.39 is 21.8 Å². The molecular weight excluding hydrogens is 258 g/mol. The Morgan fingerprint density at radius 2 is 1.94 bits per heavy atom. The van der Waals surface area contributed by atoms with Crippen LogP contribution in [-0.2, 0) is 19.6 Å². The molecule has 0 aliphatic heterocycles. The fourth-order valence-electron chi connectivity index (χ4n) is 1.22. The number of carbonyl (C=O) groups excluding carboxylic acids is 1. The number of carbonyl (C=O) groups is 1. The van der Waals surface area contributed by atoms with Crippen LogP contribution in [0.5, 0.6) is 0 Å². The third kappa shape index (κ3) is 10.2. The highest BCUT2D eigenvalue weighted by Gasteiger charge is 2.09. The number of rotatable bonds is 9. The number of ether oxygens (including phenoxy) is 1. The Morgan fingerprint density at radius 1 is 1.33 bits per heavy atom. The predicted molar refractivity (Wildman–Crippen MR) is 68.9 cm³/mol. The van der Waals surface area contributed by atoms with E-state index in [1.54, 1.807) is 0 Å². The molecule has 0 aliphatic rings. The van der Waals surface area contributed by atoms with Gasteiger partial charge in [-0.2, -0.15) is 8.42 Å². The van der Waals surface area contributed by atoms with Gasteiger partial charge >= 0.3 is 5.97 Å². The number of hydrogen-bond donors (Lipinski definition) is 1. The molecule has 0 aromatic rings. The van der Waals surface area contributed by atoms with Gasteiger partial charge in [-0.15, -0.1) is 0 Å².